The molecule has 0 N–H and O–H groups in total. The van der Waals surface area contributed by atoms with Gasteiger partial charge in [-0.05, 0) is 45.5 Å². The van der Waals surface area contributed by atoms with E-state index >= 15 is 0 Å². The molecule has 0 aliphatic carbocycles. The summed E-state index contributed by atoms with van der Waals surface area (Å²) in [7, 11) is 5.57. The van der Waals surface area contributed by atoms with E-state index in [1.165, 1.54) is 17.2 Å². The van der Waals surface area contributed by atoms with Gasteiger partial charge in [0.25, 0.3) is 5.91 Å². The van der Waals surface area contributed by atoms with Crippen molar-refractivity contribution in [3.63, 3.8) is 0 Å². The second-order valence-corrected chi connectivity index (χ2v) is 6.81. The average molecular weight is 350 g/mol. The number of likely N-dealkylation sites (tertiary alicyclic amines) is 1. The standard InChI is InChI=1S/C18H27FN4O2/c1-21-9-5-14(6-10-21)17(24)22(2)7-4-8-23(3)18(25)15-11-16(19)13-20-12-15/h11-14H,4-10H2,1-3H3. The fourth-order valence-corrected chi connectivity index (χ4v) is 3.07. The van der Waals surface area contributed by atoms with Crippen LogP contribution in [0.3, 0.4) is 0 Å². The topological polar surface area (TPSA) is 56.8 Å². The summed E-state index contributed by atoms with van der Waals surface area (Å²) in [6, 6.07) is 1.18. The SMILES string of the molecule is CN1CCC(C(=O)N(C)CCCN(C)C(=O)c2cncc(F)c2)CC1. The largest absolute Gasteiger partial charge is 0.345 e. The number of rotatable bonds is 6. The van der Waals surface area contributed by atoms with E-state index in [2.05, 4.69) is 16.9 Å². The number of carbonyl (C=O) groups excluding carboxylic acids is 2. The summed E-state index contributed by atoms with van der Waals surface area (Å²) < 4.78 is 13.2. The van der Waals surface area contributed by atoms with Crippen LogP contribution in [0.2, 0.25) is 0 Å². The molecule has 2 amide bonds. The molecule has 0 radical (unpaired) electrons. The molecule has 0 atom stereocenters. The smallest absolute Gasteiger partial charge is 0.255 e. The van der Waals surface area contributed by atoms with Crippen LogP contribution < -0.4 is 0 Å². The van der Waals surface area contributed by atoms with E-state index < -0.39 is 5.82 Å². The Labute approximate surface area is 148 Å². The summed E-state index contributed by atoms with van der Waals surface area (Å²) in [5, 5.41) is 0. The lowest BCUT2D eigenvalue weighted by molar-refractivity contribution is -0.135. The molecule has 6 nitrogen and oxygen atoms in total. The Kier molecular flexibility index (Phi) is 6.87. The van der Waals surface area contributed by atoms with E-state index in [0.29, 0.717) is 19.5 Å². The molecule has 2 heterocycles. The highest BCUT2D eigenvalue weighted by Gasteiger charge is 2.25. The normalized spacial score (nSPS) is 15.8. The molecule has 7 heteroatoms. The number of nitrogens with zero attached hydrogens (tertiary/aromatic N) is 4. The molecule has 0 aromatic carbocycles. The molecule has 0 spiro atoms. The number of hydrogen-bond donors (Lipinski definition) is 0. The zero-order valence-corrected chi connectivity index (χ0v) is 15.2. The van der Waals surface area contributed by atoms with Gasteiger partial charge < -0.3 is 14.7 Å². The number of hydrogen-bond acceptors (Lipinski definition) is 4. The van der Waals surface area contributed by atoms with E-state index in [1.807, 2.05) is 7.05 Å². The highest BCUT2D eigenvalue weighted by Crippen LogP contribution is 2.18. The second kappa shape index (κ2) is 8.89. The molecule has 0 unspecified atom stereocenters. The summed E-state index contributed by atoms with van der Waals surface area (Å²) in [6.45, 7) is 3.02. The van der Waals surface area contributed by atoms with E-state index in [0.717, 1.165) is 32.1 Å². The van der Waals surface area contributed by atoms with Gasteiger partial charge in [0.05, 0.1) is 11.8 Å². The van der Waals surface area contributed by atoms with Crippen molar-refractivity contribution in [3.8, 4) is 0 Å². The Morgan fingerprint density at radius 2 is 1.84 bits per heavy atom. The summed E-state index contributed by atoms with van der Waals surface area (Å²) >= 11 is 0. The van der Waals surface area contributed by atoms with Crippen molar-refractivity contribution in [1.82, 2.24) is 19.7 Å². The number of carbonyl (C=O) groups is 2. The first kappa shape index (κ1) is 19.3. The molecule has 1 aliphatic heterocycles. The quantitative estimate of drug-likeness (QED) is 0.780. The average Bonchev–Trinajstić information content (AvgIpc) is 2.60. The van der Waals surface area contributed by atoms with Crippen molar-refractivity contribution in [2.24, 2.45) is 5.92 Å². The highest BCUT2D eigenvalue weighted by molar-refractivity contribution is 5.93. The monoisotopic (exact) mass is 350 g/mol. The molecule has 25 heavy (non-hydrogen) atoms. The van der Waals surface area contributed by atoms with Crippen LogP contribution in [0.1, 0.15) is 29.6 Å². The molecule has 138 valence electrons. The maximum Gasteiger partial charge on any atom is 0.255 e. The molecule has 2 rings (SSSR count). The Bertz CT molecular complexity index is 602. The fraction of sp³-hybridized carbons (Fsp3) is 0.611. The van der Waals surface area contributed by atoms with Crippen molar-refractivity contribution in [2.45, 2.75) is 19.3 Å². The Morgan fingerprint density at radius 3 is 2.48 bits per heavy atom. The van der Waals surface area contributed by atoms with Gasteiger partial charge in [0.2, 0.25) is 5.91 Å². The molecule has 1 aliphatic rings. The van der Waals surface area contributed by atoms with Crippen LogP contribution >= 0.6 is 0 Å². The molecule has 1 aromatic rings. The Hall–Kier alpha value is -2.02. The van der Waals surface area contributed by atoms with Crippen LogP contribution in [0.25, 0.3) is 0 Å². The molecular weight excluding hydrogens is 323 g/mol. The van der Waals surface area contributed by atoms with E-state index in [4.69, 9.17) is 0 Å². The van der Waals surface area contributed by atoms with Gasteiger partial charge >= 0.3 is 0 Å². The lowest BCUT2D eigenvalue weighted by Gasteiger charge is -2.31. The number of piperidine rings is 1. The summed E-state index contributed by atoms with van der Waals surface area (Å²) in [5.74, 6) is -0.491. The number of amides is 2. The number of pyridine rings is 1. The van der Waals surface area contributed by atoms with Crippen LogP contribution in [0, 0.1) is 11.7 Å². The third-order valence-electron chi connectivity index (χ3n) is 4.73. The first-order chi connectivity index (χ1) is 11.9. The molecule has 1 saturated heterocycles. The summed E-state index contributed by atoms with van der Waals surface area (Å²) in [6.07, 6.45) is 4.92. The van der Waals surface area contributed by atoms with Gasteiger partial charge in [-0.15, -0.1) is 0 Å². The lowest BCUT2D eigenvalue weighted by Crippen LogP contribution is -2.40. The van der Waals surface area contributed by atoms with Crippen LogP contribution in [0.15, 0.2) is 18.5 Å². The summed E-state index contributed by atoms with van der Waals surface area (Å²) in [5.41, 5.74) is 0.234. The fourth-order valence-electron chi connectivity index (χ4n) is 3.07. The van der Waals surface area contributed by atoms with Gasteiger partial charge in [0, 0.05) is 39.3 Å². The van der Waals surface area contributed by atoms with Gasteiger partial charge in [-0.25, -0.2) is 4.39 Å². The number of aromatic nitrogens is 1. The zero-order valence-electron chi connectivity index (χ0n) is 15.2. The van der Waals surface area contributed by atoms with Crippen molar-refractivity contribution < 1.29 is 14.0 Å². The summed E-state index contributed by atoms with van der Waals surface area (Å²) in [4.78, 5) is 33.9. The predicted octanol–water partition coefficient (Wildman–Crippen LogP) is 1.48. The second-order valence-electron chi connectivity index (χ2n) is 6.81. The minimum atomic E-state index is -0.525. The first-order valence-corrected chi connectivity index (χ1v) is 8.68. The van der Waals surface area contributed by atoms with Crippen molar-refractivity contribution in [1.29, 1.82) is 0 Å². The van der Waals surface area contributed by atoms with E-state index in [1.54, 1.807) is 11.9 Å². The van der Waals surface area contributed by atoms with Crippen LogP contribution in [-0.4, -0.2) is 78.8 Å². The Morgan fingerprint density at radius 1 is 1.20 bits per heavy atom. The van der Waals surface area contributed by atoms with Gasteiger partial charge in [-0.3, -0.25) is 14.6 Å². The van der Waals surface area contributed by atoms with E-state index in [-0.39, 0.29) is 23.3 Å². The third-order valence-corrected chi connectivity index (χ3v) is 4.73. The van der Waals surface area contributed by atoms with Crippen molar-refractivity contribution >= 4 is 11.8 Å². The van der Waals surface area contributed by atoms with Crippen LogP contribution in [0.4, 0.5) is 4.39 Å². The predicted molar refractivity (Wildman–Crippen MR) is 93.6 cm³/mol. The molecular formula is C18H27FN4O2. The van der Waals surface area contributed by atoms with Gasteiger partial charge in [0.15, 0.2) is 0 Å². The van der Waals surface area contributed by atoms with Crippen molar-refractivity contribution in [3.05, 3.63) is 29.8 Å². The molecule has 1 aromatic heterocycles. The molecule has 0 saturated carbocycles. The lowest BCUT2D eigenvalue weighted by atomic mass is 9.96. The van der Waals surface area contributed by atoms with Gasteiger partial charge in [-0.1, -0.05) is 0 Å². The Balaban J connectivity index is 1.75. The maximum atomic E-state index is 13.2. The maximum absolute atomic E-state index is 13.2. The first-order valence-electron chi connectivity index (χ1n) is 8.68. The van der Waals surface area contributed by atoms with E-state index in [9.17, 15) is 14.0 Å². The van der Waals surface area contributed by atoms with Crippen molar-refractivity contribution in [2.75, 3.05) is 47.3 Å². The number of halogens is 1. The minimum Gasteiger partial charge on any atom is -0.345 e. The van der Waals surface area contributed by atoms with Crippen LogP contribution in [-0.2, 0) is 4.79 Å². The third kappa shape index (κ3) is 5.49. The van der Waals surface area contributed by atoms with Gasteiger partial charge in [-0.2, -0.15) is 0 Å². The minimum absolute atomic E-state index is 0.110. The van der Waals surface area contributed by atoms with Crippen LogP contribution in [0.5, 0.6) is 0 Å². The van der Waals surface area contributed by atoms with Gasteiger partial charge in [0.1, 0.15) is 5.82 Å². The molecule has 1 fully saturated rings. The zero-order chi connectivity index (χ0) is 18.4. The molecule has 0 bridgehead atoms. The highest BCUT2D eigenvalue weighted by atomic mass is 19.1.